The number of carbonyl (C=O) groups is 1. The quantitative estimate of drug-likeness (QED) is 0.857. The van der Waals surface area contributed by atoms with Crippen LogP contribution in [0.25, 0.3) is 0 Å². The Hall–Kier alpha value is -1.72. The number of carbonyl (C=O) groups excluding carboxylic acids is 1. The number of halogens is 2. The van der Waals surface area contributed by atoms with E-state index in [2.05, 4.69) is 26.6 Å². The molecule has 5 heteroatoms. The van der Waals surface area contributed by atoms with Gasteiger partial charge < -0.3 is 10.6 Å². The van der Waals surface area contributed by atoms with Crippen molar-refractivity contribution in [3.8, 4) is 0 Å². The summed E-state index contributed by atoms with van der Waals surface area (Å²) in [6, 6.07) is 11.7. The van der Waals surface area contributed by atoms with Gasteiger partial charge in [0.05, 0.1) is 0 Å². The largest absolute Gasteiger partial charge is 0.322 e. The van der Waals surface area contributed by atoms with E-state index in [-0.39, 0.29) is 11.5 Å². The van der Waals surface area contributed by atoms with Gasteiger partial charge in [-0.15, -0.1) is 0 Å². The zero-order valence-electron chi connectivity index (χ0n) is 11.6. The number of rotatable bonds is 5. The molecule has 0 saturated carbocycles. The van der Waals surface area contributed by atoms with Crippen molar-refractivity contribution in [2.75, 3.05) is 11.9 Å². The van der Waals surface area contributed by atoms with Crippen LogP contribution < -0.4 is 10.6 Å². The second-order valence-electron chi connectivity index (χ2n) is 4.55. The maximum Gasteiger partial charge on any atom is 0.255 e. The van der Waals surface area contributed by atoms with Gasteiger partial charge in [0.1, 0.15) is 5.82 Å². The Balaban J connectivity index is 2.19. The summed E-state index contributed by atoms with van der Waals surface area (Å²) in [5, 5.41) is 6.04. The van der Waals surface area contributed by atoms with Crippen LogP contribution in [-0.2, 0) is 6.54 Å². The highest BCUT2D eigenvalue weighted by atomic mass is 79.9. The summed E-state index contributed by atoms with van der Waals surface area (Å²) < 4.78 is 13.9. The van der Waals surface area contributed by atoms with Crippen LogP contribution in [0.5, 0.6) is 0 Å². The fourth-order valence-electron chi connectivity index (χ4n) is 1.94. The minimum absolute atomic E-state index is 0.278. The molecular formula is C16H16BrFN2O. The van der Waals surface area contributed by atoms with Crippen LogP contribution >= 0.6 is 15.9 Å². The lowest BCUT2D eigenvalue weighted by Crippen LogP contribution is -2.17. The van der Waals surface area contributed by atoms with Crippen LogP contribution in [0.2, 0.25) is 0 Å². The van der Waals surface area contributed by atoms with Crippen LogP contribution in [0.1, 0.15) is 22.8 Å². The van der Waals surface area contributed by atoms with Crippen molar-refractivity contribution in [2.24, 2.45) is 0 Å². The molecule has 0 aliphatic carbocycles. The highest BCUT2D eigenvalue weighted by molar-refractivity contribution is 9.10. The normalized spacial score (nSPS) is 10.4. The molecule has 0 aliphatic rings. The molecule has 0 bridgehead atoms. The van der Waals surface area contributed by atoms with Crippen LogP contribution in [-0.4, -0.2) is 12.5 Å². The lowest BCUT2D eigenvalue weighted by atomic mass is 10.1. The molecule has 0 heterocycles. The zero-order chi connectivity index (χ0) is 15.2. The van der Waals surface area contributed by atoms with E-state index in [9.17, 15) is 9.18 Å². The van der Waals surface area contributed by atoms with Gasteiger partial charge in [-0.25, -0.2) is 4.39 Å². The molecule has 21 heavy (non-hydrogen) atoms. The summed E-state index contributed by atoms with van der Waals surface area (Å²) in [6.07, 6.45) is 0. The molecule has 0 unspecified atom stereocenters. The van der Waals surface area contributed by atoms with Gasteiger partial charge in [0.15, 0.2) is 0 Å². The van der Waals surface area contributed by atoms with E-state index < -0.39 is 5.82 Å². The first-order valence-electron chi connectivity index (χ1n) is 6.66. The molecule has 0 aliphatic heterocycles. The Kier molecular flexibility index (Phi) is 5.47. The molecule has 2 aromatic carbocycles. The number of anilines is 1. The molecule has 0 radical (unpaired) electrons. The molecule has 0 atom stereocenters. The Morgan fingerprint density at radius 3 is 2.71 bits per heavy atom. The fraction of sp³-hybridized carbons (Fsp3) is 0.188. The van der Waals surface area contributed by atoms with Gasteiger partial charge in [-0.1, -0.05) is 41.1 Å². The molecule has 2 N–H and O–H groups in total. The van der Waals surface area contributed by atoms with Crippen molar-refractivity contribution in [3.05, 3.63) is 63.9 Å². The molecule has 3 nitrogen and oxygen atoms in total. The van der Waals surface area contributed by atoms with E-state index in [1.807, 2.05) is 31.2 Å². The minimum atomic E-state index is -0.449. The van der Waals surface area contributed by atoms with Crippen molar-refractivity contribution in [1.82, 2.24) is 5.32 Å². The van der Waals surface area contributed by atoms with E-state index in [0.29, 0.717) is 11.0 Å². The molecule has 0 spiro atoms. The topological polar surface area (TPSA) is 41.1 Å². The Labute approximate surface area is 131 Å². The lowest BCUT2D eigenvalue weighted by Gasteiger charge is -2.11. The summed E-state index contributed by atoms with van der Waals surface area (Å²) >= 11 is 3.19. The SMILES string of the molecule is CCNCc1ccccc1NC(=O)c1cc(F)cc(Br)c1. The van der Waals surface area contributed by atoms with Gasteiger partial charge in [0.2, 0.25) is 0 Å². The Morgan fingerprint density at radius 1 is 1.24 bits per heavy atom. The smallest absolute Gasteiger partial charge is 0.255 e. The van der Waals surface area contributed by atoms with Gasteiger partial charge in [0.25, 0.3) is 5.91 Å². The Bertz CT molecular complexity index is 626. The average Bonchev–Trinajstić information content (AvgIpc) is 2.45. The zero-order valence-corrected chi connectivity index (χ0v) is 13.2. The second kappa shape index (κ2) is 7.33. The van der Waals surface area contributed by atoms with Crippen molar-refractivity contribution >= 4 is 27.5 Å². The lowest BCUT2D eigenvalue weighted by molar-refractivity contribution is 0.102. The summed E-state index contributed by atoms with van der Waals surface area (Å²) in [5.41, 5.74) is 1.99. The third-order valence-electron chi connectivity index (χ3n) is 2.96. The molecule has 2 aromatic rings. The molecule has 2 rings (SSSR count). The van der Waals surface area contributed by atoms with Gasteiger partial charge in [0, 0.05) is 22.3 Å². The Morgan fingerprint density at radius 2 is 2.00 bits per heavy atom. The van der Waals surface area contributed by atoms with E-state index >= 15 is 0 Å². The second-order valence-corrected chi connectivity index (χ2v) is 5.47. The van der Waals surface area contributed by atoms with E-state index in [4.69, 9.17) is 0 Å². The highest BCUT2D eigenvalue weighted by Crippen LogP contribution is 2.19. The molecule has 110 valence electrons. The predicted octanol–water partition coefficient (Wildman–Crippen LogP) is 3.95. The highest BCUT2D eigenvalue weighted by Gasteiger charge is 2.10. The van der Waals surface area contributed by atoms with Crippen LogP contribution in [0.15, 0.2) is 46.9 Å². The maximum atomic E-state index is 13.4. The average molecular weight is 351 g/mol. The van der Waals surface area contributed by atoms with Crippen LogP contribution in [0.3, 0.4) is 0 Å². The number of nitrogens with one attached hydrogen (secondary N) is 2. The summed E-state index contributed by atoms with van der Waals surface area (Å²) in [4.78, 5) is 12.2. The minimum Gasteiger partial charge on any atom is -0.322 e. The van der Waals surface area contributed by atoms with Gasteiger partial charge in [-0.2, -0.15) is 0 Å². The van der Waals surface area contributed by atoms with E-state index in [1.165, 1.54) is 12.1 Å². The van der Waals surface area contributed by atoms with Crippen molar-refractivity contribution in [1.29, 1.82) is 0 Å². The number of benzene rings is 2. The molecule has 0 fully saturated rings. The number of amides is 1. The first-order valence-corrected chi connectivity index (χ1v) is 7.45. The van der Waals surface area contributed by atoms with Gasteiger partial charge in [-0.05, 0) is 36.4 Å². The van der Waals surface area contributed by atoms with Crippen molar-refractivity contribution < 1.29 is 9.18 Å². The first kappa shape index (κ1) is 15.7. The number of hydrogen-bond donors (Lipinski definition) is 2. The first-order chi connectivity index (χ1) is 10.1. The summed E-state index contributed by atoms with van der Waals surface area (Å²) in [7, 11) is 0. The number of hydrogen-bond acceptors (Lipinski definition) is 2. The third kappa shape index (κ3) is 4.37. The number of para-hydroxylation sites is 1. The maximum absolute atomic E-state index is 13.4. The summed E-state index contributed by atoms with van der Waals surface area (Å²) in [5.74, 6) is -0.783. The molecule has 0 aromatic heterocycles. The fourth-order valence-corrected chi connectivity index (χ4v) is 2.40. The predicted molar refractivity (Wildman–Crippen MR) is 85.9 cm³/mol. The summed E-state index contributed by atoms with van der Waals surface area (Å²) in [6.45, 7) is 3.53. The molecule has 1 amide bonds. The van der Waals surface area contributed by atoms with E-state index in [0.717, 1.165) is 17.8 Å². The van der Waals surface area contributed by atoms with Crippen molar-refractivity contribution in [3.63, 3.8) is 0 Å². The van der Waals surface area contributed by atoms with Gasteiger partial charge >= 0.3 is 0 Å². The molecule has 0 saturated heterocycles. The van der Waals surface area contributed by atoms with Crippen molar-refractivity contribution in [2.45, 2.75) is 13.5 Å². The van der Waals surface area contributed by atoms with E-state index in [1.54, 1.807) is 6.07 Å². The molecular weight excluding hydrogens is 335 g/mol. The third-order valence-corrected chi connectivity index (χ3v) is 3.41. The van der Waals surface area contributed by atoms with Gasteiger partial charge in [-0.3, -0.25) is 4.79 Å². The monoisotopic (exact) mass is 350 g/mol. The van der Waals surface area contributed by atoms with Crippen LogP contribution in [0, 0.1) is 5.82 Å². The standard InChI is InChI=1S/C16H16BrFN2O/c1-2-19-10-11-5-3-4-6-15(11)20-16(21)12-7-13(17)9-14(18)8-12/h3-9,19H,2,10H2,1H3,(H,20,21). The van der Waals surface area contributed by atoms with Crippen LogP contribution in [0.4, 0.5) is 10.1 Å².